The lowest BCUT2D eigenvalue weighted by atomic mass is 10.2. The number of nitrogens with one attached hydrogen (secondary N) is 1. The molecule has 52 valence electrons. The van der Waals surface area contributed by atoms with Crippen LogP contribution in [0.5, 0.6) is 5.75 Å². The van der Waals surface area contributed by atoms with Crippen molar-refractivity contribution in [1.29, 1.82) is 5.41 Å². The predicted molar refractivity (Wildman–Crippen MR) is 40.6 cm³/mol. The van der Waals surface area contributed by atoms with Crippen LogP contribution in [0.25, 0.3) is 0 Å². The molecule has 0 saturated heterocycles. The summed E-state index contributed by atoms with van der Waals surface area (Å²) in [4.78, 5) is 0. The molecular formula is C8H9NO. The van der Waals surface area contributed by atoms with Crippen molar-refractivity contribution in [3.63, 3.8) is 0 Å². The van der Waals surface area contributed by atoms with Gasteiger partial charge >= 0.3 is 0 Å². The van der Waals surface area contributed by atoms with Crippen molar-refractivity contribution in [3.05, 3.63) is 29.8 Å². The number of aryl methyl sites for hydroxylation is 1. The molecule has 0 unspecified atom stereocenters. The van der Waals surface area contributed by atoms with Crippen LogP contribution in [0, 0.1) is 12.3 Å². The van der Waals surface area contributed by atoms with Gasteiger partial charge in [0, 0.05) is 0 Å². The molecule has 1 aromatic rings. The molecule has 0 aliphatic rings. The maximum atomic E-state index is 6.69. The van der Waals surface area contributed by atoms with Crippen LogP contribution in [0.2, 0.25) is 0 Å². The Kier molecular flexibility index (Phi) is 2.05. The molecule has 0 radical (unpaired) electrons. The normalized spacial score (nSPS) is 8.90. The van der Waals surface area contributed by atoms with E-state index in [9.17, 15) is 0 Å². The quantitative estimate of drug-likeness (QED) is 0.488. The van der Waals surface area contributed by atoms with Gasteiger partial charge in [0.2, 0.25) is 0 Å². The van der Waals surface area contributed by atoms with Crippen molar-refractivity contribution in [2.75, 3.05) is 0 Å². The summed E-state index contributed by atoms with van der Waals surface area (Å²) in [5, 5.41) is 6.69. The van der Waals surface area contributed by atoms with Crippen LogP contribution in [-0.2, 0) is 0 Å². The van der Waals surface area contributed by atoms with Gasteiger partial charge in [-0.05, 0) is 18.6 Å². The molecule has 2 nitrogen and oxygen atoms in total. The van der Waals surface area contributed by atoms with E-state index in [2.05, 4.69) is 0 Å². The second-order valence-electron chi connectivity index (χ2n) is 2.00. The number of hydrogen-bond acceptors (Lipinski definition) is 2. The average molecular weight is 135 g/mol. The number of para-hydroxylation sites is 1. The van der Waals surface area contributed by atoms with Gasteiger partial charge in [0.25, 0.3) is 0 Å². The highest BCUT2D eigenvalue weighted by Crippen LogP contribution is 2.14. The first-order valence-electron chi connectivity index (χ1n) is 3.06. The maximum absolute atomic E-state index is 6.69. The lowest BCUT2D eigenvalue weighted by Crippen LogP contribution is -1.89. The third-order valence-electron chi connectivity index (χ3n) is 1.28. The Hall–Kier alpha value is -1.31. The van der Waals surface area contributed by atoms with Crippen LogP contribution in [0.4, 0.5) is 0 Å². The maximum Gasteiger partial charge on any atom is 0.173 e. The molecular weight excluding hydrogens is 126 g/mol. The van der Waals surface area contributed by atoms with Crippen molar-refractivity contribution >= 4 is 6.40 Å². The van der Waals surface area contributed by atoms with Crippen molar-refractivity contribution in [1.82, 2.24) is 0 Å². The molecule has 1 N–H and O–H groups in total. The molecule has 0 heterocycles. The molecule has 0 spiro atoms. The fraction of sp³-hybridized carbons (Fsp3) is 0.125. The minimum absolute atomic E-state index is 0.748. The van der Waals surface area contributed by atoms with Crippen LogP contribution in [0.15, 0.2) is 24.3 Å². The van der Waals surface area contributed by atoms with Gasteiger partial charge in [-0.2, -0.15) is 0 Å². The van der Waals surface area contributed by atoms with E-state index >= 15 is 0 Å². The smallest absolute Gasteiger partial charge is 0.173 e. The number of ether oxygens (including phenoxy) is 1. The highest BCUT2D eigenvalue weighted by Gasteiger charge is 1.92. The van der Waals surface area contributed by atoms with Crippen LogP contribution >= 0.6 is 0 Å². The van der Waals surface area contributed by atoms with Gasteiger partial charge in [-0.1, -0.05) is 18.2 Å². The molecule has 1 aromatic carbocycles. The SMILES string of the molecule is Cc1ccccc1OC=N. The Labute approximate surface area is 60.0 Å². The largest absolute Gasteiger partial charge is 0.446 e. The van der Waals surface area contributed by atoms with E-state index in [-0.39, 0.29) is 0 Å². The Morgan fingerprint density at radius 1 is 1.40 bits per heavy atom. The summed E-state index contributed by atoms with van der Waals surface area (Å²) in [5.74, 6) is 0.748. The summed E-state index contributed by atoms with van der Waals surface area (Å²) >= 11 is 0. The van der Waals surface area contributed by atoms with E-state index in [1.807, 2.05) is 31.2 Å². The van der Waals surface area contributed by atoms with Crippen molar-refractivity contribution < 1.29 is 4.74 Å². The molecule has 0 aromatic heterocycles. The zero-order valence-electron chi connectivity index (χ0n) is 5.79. The monoisotopic (exact) mass is 135 g/mol. The zero-order valence-corrected chi connectivity index (χ0v) is 5.79. The van der Waals surface area contributed by atoms with Crippen molar-refractivity contribution in [2.45, 2.75) is 6.92 Å². The molecule has 10 heavy (non-hydrogen) atoms. The topological polar surface area (TPSA) is 33.1 Å². The van der Waals surface area contributed by atoms with Crippen LogP contribution < -0.4 is 4.74 Å². The number of rotatable bonds is 2. The predicted octanol–water partition coefficient (Wildman–Crippen LogP) is 1.98. The minimum atomic E-state index is 0.748. The fourth-order valence-electron chi connectivity index (χ4n) is 0.752. The van der Waals surface area contributed by atoms with E-state index in [0.717, 1.165) is 17.7 Å². The lowest BCUT2D eigenvalue weighted by molar-refractivity contribution is 0.565. The molecule has 0 amide bonds. The first-order valence-corrected chi connectivity index (χ1v) is 3.06. The first-order chi connectivity index (χ1) is 4.84. The zero-order chi connectivity index (χ0) is 7.40. The molecule has 0 aliphatic carbocycles. The summed E-state index contributed by atoms with van der Waals surface area (Å²) in [6.07, 6.45) is 0.933. The van der Waals surface area contributed by atoms with Gasteiger partial charge in [0.15, 0.2) is 6.40 Å². The molecule has 0 atom stereocenters. The van der Waals surface area contributed by atoms with Crippen molar-refractivity contribution in [3.8, 4) is 5.75 Å². The van der Waals surface area contributed by atoms with Crippen LogP contribution in [0.1, 0.15) is 5.56 Å². The Balaban J connectivity index is 2.91. The molecule has 0 aliphatic heterocycles. The third kappa shape index (κ3) is 1.35. The summed E-state index contributed by atoms with van der Waals surface area (Å²) < 4.78 is 4.88. The van der Waals surface area contributed by atoms with E-state index in [0.29, 0.717) is 0 Å². The molecule has 0 fully saturated rings. The first kappa shape index (κ1) is 6.81. The van der Waals surface area contributed by atoms with Crippen LogP contribution in [0.3, 0.4) is 0 Å². The third-order valence-corrected chi connectivity index (χ3v) is 1.28. The summed E-state index contributed by atoms with van der Waals surface area (Å²) in [5.41, 5.74) is 1.05. The fourth-order valence-corrected chi connectivity index (χ4v) is 0.752. The van der Waals surface area contributed by atoms with E-state index in [4.69, 9.17) is 10.1 Å². The summed E-state index contributed by atoms with van der Waals surface area (Å²) in [6.45, 7) is 1.94. The second-order valence-corrected chi connectivity index (χ2v) is 2.00. The molecule has 1 rings (SSSR count). The van der Waals surface area contributed by atoms with Gasteiger partial charge in [0.1, 0.15) is 5.75 Å². The summed E-state index contributed by atoms with van der Waals surface area (Å²) in [7, 11) is 0. The standard InChI is InChI=1S/C8H9NO/c1-7-4-2-3-5-8(7)10-6-9/h2-6,9H,1H3. The summed E-state index contributed by atoms with van der Waals surface area (Å²) in [6, 6.07) is 7.59. The van der Waals surface area contributed by atoms with Crippen molar-refractivity contribution in [2.24, 2.45) is 0 Å². The highest BCUT2D eigenvalue weighted by atomic mass is 16.5. The van der Waals surface area contributed by atoms with Gasteiger partial charge < -0.3 is 4.74 Å². The Morgan fingerprint density at radius 3 is 2.70 bits per heavy atom. The molecule has 2 heteroatoms. The average Bonchev–Trinajstić information content (AvgIpc) is 1.94. The minimum Gasteiger partial charge on any atom is -0.446 e. The number of hydrogen-bond donors (Lipinski definition) is 1. The Morgan fingerprint density at radius 2 is 2.10 bits per heavy atom. The lowest BCUT2D eigenvalue weighted by Gasteiger charge is -2.00. The van der Waals surface area contributed by atoms with E-state index in [1.54, 1.807) is 0 Å². The molecule has 0 saturated carbocycles. The van der Waals surface area contributed by atoms with E-state index < -0.39 is 0 Å². The van der Waals surface area contributed by atoms with E-state index in [1.165, 1.54) is 0 Å². The molecule has 0 bridgehead atoms. The Bertz CT molecular complexity index is 232. The van der Waals surface area contributed by atoms with Gasteiger partial charge in [-0.15, -0.1) is 0 Å². The second kappa shape index (κ2) is 3.01. The van der Waals surface area contributed by atoms with Gasteiger partial charge in [0.05, 0.1) is 0 Å². The number of benzene rings is 1. The van der Waals surface area contributed by atoms with Crippen LogP contribution in [-0.4, -0.2) is 6.40 Å². The van der Waals surface area contributed by atoms with Gasteiger partial charge in [-0.3, -0.25) is 5.41 Å². The highest BCUT2D eigenvalue weighted by molar-refractivity contribution is 5.49. The van der Waals surface area contributed by atoms with Gasteiger partial charge in [-0.25, -0.2) is 0 Å².